The summed E-state index contributed by atoms with van der Waals surface area (Å²) >= 11 is 4.65. The summed E-state index contributed by atoms with van der Waals surface area (Å²) in [5, 5.41) is 0. The summed E-state index contributed by atoms with van der Waals surface area (Å²) < 4.78 is 12.0. The third kappa shape index (κ3) is 3.01. The van der Waals surface area contributed by atoms with E-state index in [1.54, 1.807) is 17.5 Å². The minimum atomic E-state index is -0.552. The minimum Gasteiger partial charge on any atom is -0.462 e. The Kier molecular flexibility index (Phi) is 4.79. The van der Waals surface area contributed by atoms with Gasteiger partial charge in [-0.2, -0.15) is 0 Å². The van der Waals surface area contributed by atoms with E-state index in [0.717, 1.165) is 4.88 Å². The first-order chi connectivity index (χ1) is 9.99. The van der Waals surface area contributed by atoms with E-state index in [9.17, 15) is 14.4 Å². The number of fused-ring (bicyclic) bond motifs is 1. The zero-order valence-corrected chi connectivity index (χ0v) is 13.7. The summed E-state index contributed by atoms with van der Waals surface area (Å²) in [4.78, 5) is 35.5. The number of carbonyl (C=O) groups is 3. The van der Waals surface area contributed by atoms with Gasteiger partial charge in [0.25, 0.3) is 0 Å². The maximum atomic E-state index is 11.9. The molecule has 0 aliphatic heterocycles. The normalized spacial score (nSPS) is 10.6. The molecule has 0 aliphatic carbocycles. The second-order valence-corrected chi connectivity index (χ2v) is 5.97. The molecule has 2 aromatic rings. The highest BCUT2D eigenvalue weighted by Crippen LogP contribution is 2.34. The highest BCUT2D eigenvalue weighted by molar-refractivity contribution is 9.10. The maximum Gasteiger partial charge on any atom is 0.341 e. The summed E-state index contributed by atoms with van der Waals surface area (Å²) in [6.45, 7) is 3.38. The average molecular weight is 374 g/mol. The van der Waals surface area contributed by atoms with E-state index in [1.165, 1.54) is 18.3 Å². The first kappa shape index (κ1) is 15.7. The number of hydrogen-bond donors (Lipinski definition) is 0. The van der Waals surface area contributed by atoms with Crippen molar-refractivity contribution in [1.82, 2.24) is 4.40 Å². The van der Waals surface area contributed by atoms with Crippen molar-refractivity contribution >= 4 is 50.3 Å². The van der Waals surface area contributed by atoms with Crippen molar-refractivity contribution < 1.29 is 23.9 Å². The topological polar surface area (TPSA) is 74.1 Å². The van der Waals surface area contributed by atoms with Gasteiger partial charge in [-0.05, 0) is 22.9 Å². The van der Waals surface area contributed by atoms with Crippen LogP contribution < -0.4 is 0 Å². The number of nitrogens with zero attached hydrogens (tertiary/aromatic N) is 1. The van der Waals surface area contributed by atoms with E-state index in [0.29, 0.717) is 15.6 Å². The second-order valence-electron chi connectivity index (χ2n) is 4.07. The van der Waals surface area contributed by atoms with Gasteiger partial charge < -0.3 is 13.9 Å². The lowest BCUT2D eigenvalue weighted by molar-refractivity contribution is -0.142. The van der Waals surface area contributed by atoms with E-state index in [1.807, 2.05) is 0 Å². The molecule has 0 spiro atoms. The summed E-state index contributed by atoms with van der Waals surface area (Å²) in [5.74, 6) is -0.932. The highest BCUT2D eigenvalue weighted by Gasteiger charge is 2.25. The van der Waals surface area contributed by atoms with Crippen LogP contribution in [0.1, 0.15) is 39.6 Å². The fourth-order valence-electron chi connectivity index (χ4n) is 1.82. The number of hydrogen-bond acceptors (Lipinski definition) is 6. The molecule has 8 heteroatoms. The molecule has 0 saturated carbocycles. The Balaban J connectivity index is 2.47. The molecule has 0 unspecified atom stereocenters. The van der Waals surface area contributed by atoms with Crippen molar-refractivity contribution in [3.05, 3.63) is 26.8 Å². The van der Waals surface area contributed by atoms with Crippen LogP contribution in [0.4, 0.5) is 0 Å². The Morgan fingerprint density at radius 3 is 2.71 bits per heavy atom. The summed E-state index contributed by atoms with van der Waals surface area (Å²) in [6.07, 6.45) is 2.27. The van der Waals surface area contributed by atoms with Gasteiger partial charge in [0, 0.05) is 13.1 Å². The molecule has 0 bridgehead atoms. The Hall–Kier alpha value is -1.67. The van der Waals surface area contributed by atoms with Crippen molar-refractivity contribution in [2.45, 2.75) is 20.5 Å². The Morgan fingerprint density at radius 1 is 1.43 bits per heavy atom. The number of halogens is 1. The van der Waals surface area contributed by atoms with Crippen LogP contribution in [0.5, 0.6) is 0 Å². The predicted octanol–water partition coefficient (Wildman–Crippen LogP) is 2.82. The van der Waals surface area contributed by atoms with E-state index < -0.39 is 5.97 Å². The molecular weight excluding hydrogens is 362 g/mol. The lowest BCUT2D eigenvalue weighted by Crippen LogP contribution is -2.07. The molecule has 0 saturated heterocycles. The van der Waals surface area contributed by atoms with Gasteiger partial charge in [-0.3, -0.25) is 9.59 Å². The van der Waals surface area contributed by atoms with Crippen molar-refractivity contribution in [3.8, 4) is 0 Å². The van der Waals surface area contributed by atoms with E-state index >= 15 is 0 Å². The molecule has 0 aliphatic rings. The van der Waals surface area contributed by atoms with Crippen LogP contribution in [0.25, 0.3) is 4.83 Å². The standard InChI is InChI=1S/C13H12BrNO5S/c1-3-19-13(18)10-9(5-16)15-4-8(6-20-7(2)17)21-12(15)11(10)14/h4-5H,3,6H2,1-2H3. The van der Waals surface area contributed by atoms with Crippen molar-refractivity contribution in [2.75, 3.05) is 6.61 Å². The first-order valence-electron chi connectivity index (χ1n) is 6.07. The van der Waals surface area contributed by atoms with Gasteiger partial charge in [-0.1, -0.05) is 0 Å². The average Bonchev–Trinajstić information content (AvgIpc) is 2.95. The van der Waals surface area contributed by atoms with Crippen molar-refractivity contribution in [3.63, 3.8) is 0 Å². The lowest BCUT2D eigenvalue weighted by Gasteiger charge is -2.01. The van der Waals surface area contributed by atoms with Crippen LogP contribution in [0.2, 0.25) is 0 Å². The lowest BCUT2D eigenvalue weighted by atomic mass is 10.2. The zero-order valence-electron chi connectivity index (χ0n) is 11.3. The Bertz CT molecular complexity index is 718. The first-order valence-corrected chi connectivity index (χ1v) is 7.68. The Labute approximate surface area is 132 Å². The van der Waals surface area contributed by atoms with Crippen LogP contribution in [-0.4, -0.2) is 29.2 Å². The molecule has 2 rings (SSSR count). The molecule has 2 heterocycles. The van der Waals surface area contributed by atoms with Crippen LogP contribution >= 0.6 is 27.3 Å². The van der Waals surface area contributed by atoms with Gasteiger partial charge in [0.15, 0.2) is 6.29 Å². The van der Waals surface area contributed by atoms with Crippen molar-refractivity contribution in [2.24, 2.45) is 0 Å². The molecule has 112 valence electrons. The van der Waals surface area contributed by atoms with E-state index in [4.69, 9.17) is 9.47 Å². The SMILES string of the molecule is CCOC(=O)c1c(Br)c2sc(COC(C)=O)cn2c1C=O. The number of carbonyl (C=O) groups excluding carboxylic acids is 3. The van der Waals surface area contributed by atoms with Crippen LogP contribution in [-0.2, 0) is 20.9 Å². The molecule has 0 fully saturated rings. The van der Waals surface area contributed by atoms with Crippen molar-refractivity contribution in [1.29, 1.82) is 0 Å². The van der Waals surface area contributed by atoms with Crippen LogP contribution in [0.15, 0.2) is 10.7 Å². The third-order valence-corrected chi connectivity index (χ3v) is 4.77. The smallest absolute Gasteiger partial charge is 0.341 e. The number of thiazole rings is 1. The second kappa shape index (κ2) is 6.40. The summed E-state index contributed by atoms with van der Waals surface area (Å²) in [6, 6.07) is 0. The molecule has 0 atom stereocenters. The van der Waals surface area contributed by atoms with Gasteiger partial charge in [0.2, 0.25) is 0 Å². The Morgan fingerprint density at radius 2 is 2.14 bits per heavy atom. The number of esters is 2. The minimum absolute atomic E-state index is 0.126. The quantitative estimate of drug-likeness (QED) is 0.594. The summed E-state index contributed by atoms with van der Waals surface area (Å²) in [5.41, 5.74) is 0.415. The molecular formula is C13H12BrNO5S. The molecule has 21 heavy (non-hydrogen) atoms. The number of aldehydes is 1. The number of aromatic nitrogens is 1. The van der Waals surface area contributed by atoms with Gasteiger partial charge in [-0.25, -0.2) is 4.79 Å². The number of ether oxygens (including phenoxy) is 2. The molecule has 2 aromatic heterocycles. The third-order valence-electron chi connectivity index (χ3n) is 2.65. The molecule has 6 nitrogen and oxygen atoms in total. The molecule has 0 amide bonds. The van der Waals surface area contributed by atoms with Crippen LogP contribution in [0, 0.1) is 0 Å². The summed E-state index contributed by atoms with van der Waals surface area (Å²) in [7, 11) is 0. The largest absolute Gasteiger partial charge is 0.462 e. The predicted molar refractivity (Wildman–Crippen MR) is 79.8 cm³/mol. The fourth-order valence-corrected chi connectivity index (χ4v) is 3.59. The molecule has 0 radical (unpaired) electrons. The van der Waals surface area contributed by atoms with E-state index in [2.05, 4.69) is 15.9 Å². The number of rotatable bonds is 5. The maximum absolute atomic E-state index is 11.9. The molecule has 0 aromatic carbocycles. The van der Waals surface area contributed by atoms with Gasteiger partial charge in [-0.15, -0.1) is 11.3 Å². The van der Waals surface area contributed by atoms with Gasteiger partial charge in [0.1, 0.15) is 22.7 Å². The van der Waals surface area contributed by atoms with Gasteiger partial charge in [0.05, 0.1) is 16.0 Å². The van der Waals surface area contributed by atoms with E-state index in [-0.39, 0.29) is 30.4 Å². The zero-order chi connectivity index (χ0) is 15.6. The van der Waals surface area contributed by atoms with Crippen LogP contribution in [0.3, 0.4) is 0 Å². The van der Waals surface area contributed by atoms with Gasteiger partial charge >= 0.3 is 11.9 Å². The highest BCUT2D eigenvalue weighted by atomic mass is 79.9. The monoisotopic (exact) mass is 373 g/mol. The fraction of sp³-hybridized carbons (Fsp3) is 0.308. The molecule has 0 N–H and O–H groups in total.